The molecule has 0 atom stereocenters. The van der Waals surface area contributed by atoms with Crippen LogP contribution in [0.5, 0.6) is 0 Å². The summed E-state index contributed by atoms with van der Waals surface area (Å²) in [6.45, 7) is 1.92. The summed E-state index contributed by atoms with van der Waals surface area (Å²) in [4.78, 5) is 10.1. The zero-order valence-electron chi connectivity index (χ0n) is 5.79. The van der Waals surface area contributed by atoms with E-state index in [1.54, 1.807) is 6.07 Å². The van der Waals surface area contributed by atoms with Gasteiger partial charge < -0.3 is 5.11 Å². The van der Waals surface area contributed by atoms with Gasteiger partial charge in [-0.15, -0.1) is 0 Å². The van der Waals surface area contributed by atoms with Crippen LogP contribution in [0.15, 0.2) is 11.6 Å². The van der Waals surface area contributed by atoms with Gasteiger partial charge in [-0.1, -0.05) is 19.4 Å². The third kappa shape index (κ3) is 2.88. The monoisotopic (exact) mass is 139 g/mol. The van der Waals surface area contributed by atoms with Crippen LogP contribution >= 0.6 is 0 Å². The van der Waals surface area contributed by atoms with Crippen LogP contribution in [-0.4, -0.2) is 11.1 Å². The lowest BCUT2D eigenvalue weighted by Crippen LogP contribution is -1.97. The molecule has 3 heteroatoms. The third-order valence-electron chi connectivity index (χ3n) is 0.988. The van der Waals surface area contributed by atoms with E-state index in [-0.39, 0.29) is 5.57 Å². The molecule has 0 saturated carbocycles. The van der Waals surface area contributed by atoms with E-state index in [0.29, 0.717) is 6.42 Å². The summed E-state index contributed by atoms with van der Waals surface area (Å²) in [5, 5.41) is 16.5. The van der Waals surface area contributed by atoms with Gasteiger partial charge in [-0.25, -0.2) is 4.79 Å². The van der Waals surface area contributed by atoms with Crippen molar-refractivity contribution >= 4 is 5.97 Å². The molecule has 0 fully saturated rings. The van der Waals surface area contributed by atoms with Gasteiger partial charge in [0.15, 0.2) is 0 Å². The molecule has 0 aliphatic rings. The molecule has 0 saturated heterocycles. The number of carboxylic acids is 1. The quantitative estimate of drug-likeness (QED) is 0.473. The van der Waals surface area contributed by atoms with Crippen molar-refractivity contribution in [3.63, 3.8) is 0 Å². The third-order valence-corrected chi connectivity index (χ3v) is 0.988. The summed E-state index contributed by atoms with van der Waals surface area (Å²) in [6, 6.07) is 1.60. The molecule has 10 heavy (non-hydrogen) atoms. The SMILES string of the molecule is CCCC=C(C#N)C(=O)O. The first-order valence-electron chi connectivity index (χ1n) is 3.06. The molecule has 0 radical (unpaired) electrons. The Bertz CT molecular complexity index is 188. The first-order chi connectivity index (χ1) is 4.72. The Morgan fingerprint density at radius 2 is 2.40 bits per heavy atom. The Kier molecular flexibility index (Phi) is 3.97. The molecule has 0 rings (SSSR count). The molecule has 3 nitrogen and oxygen atoms in total. The lowest BCUT2D eigenvalue weighted by Gasteiger charge is -1.87. The average Bonchev–Trinajstić information content (AvgIpc) is 1.89. The molecular weight excluding hydrogens is 130 g/mol. The Labute approximate surface area is 59.6 Å². The molecule has 0 aromatic rings. The highest BCUT2D eigenvalue weighted by Crippen LogP contribution is 1.96. The van der Waals surface area contributed by atoms with Crippen LogP contribution in [0.4, 0.5) is 0 Å². The minimum Gasteiger partial charge on any atom is -0.477 e. The standard InChI is InChI=1S/C7H9NO2/c1-2-3-4-6(5-8)7(9)10/h4H,2-3H2,1H3,(H,9,10). The molecule has 0 aromatic heterocycles. The maximum Gasteiger partial charge on any atom is 0.346 e. The summed E-state index contributed by atoms with van der Waals surface area (Å²) in [5.74, 6) is -1.14. The molecule has 0 aromatic carbocycles. The average molecular weight is 139 g/mol. The Balaban J connectivity index is 4.09. The lowest BCUT2D eigenvalue weighted by molar-refractivity contribution is -0.132. The van der Waals surface area contributed by atoms with Crippen molar-refractivity contribution in [3.8, 4) is 6.07 Å². The van der Waals surface area contributed by atoms with Gasteiger partial charge in [0.2, 0.25) is 0 Å². The second-order valence-corrected chi connectivity index (χ2v) is 1.82. The second kappa shape index (κ2) is 4.57. The maximum atomic E-state index is 10.1. The minimum atomic E-state index is -1.14. The van der Waals surface area contributed by atoms with E-state index in [9.17, 15) is 4.79 Å². The smallest absolute Gasteiger partial charge is 0.346 e. The zero-order chi connectivity index (χ0) is 7.98. The van der Waals surface area contributed by atoms with Gasteiger partial charge in [-0.05, 0) is 6.42 Å². The predicted octanol–water partition coefficient (Wildman–Crippen LogP) is 1.32. The van der Waals surface area contributed by atoms with E-state index in [4.69, 9.17) is 10.4 Å². The zero-order valence-corrected chi connectivity index (χ0v) is 5.79. The number of nitriles is 1. The van der Waals surface area contributed by atoms with Crippen LogP contribution < -0.4 is 0 Å². The van der Waals surface area contributed by atoms with Crippen LogP contribution in [0.1, 0.15) is 19.8 Å². The van der Waals surface area contributed by atoms with Crippen molar-refractivity contribution in [3.05, 3.63) is 11.6 Å². The van der Waals surface area contributed by atoms with Crippen LogP contribution in [0.2, 0.25) is 0 Å². The molecule has 0 amide bonds. The van der Waals surface area contributed by atoms with Crippen LogP contribution in [0, 0.1) is 11.3 Å². The summed E-state index contributed by atoms with van der Waals surface area (Å²) < 4.78 is 0. The summed E-state index contributed by atoms with van der Waals surface area (Å²) in [5.41, 5.74) is -0.165. The van der Waals surface area contributed by atoms with E-state index in [0.717, 1.165) is 6.42 Å². The normalized spacial score (nSPS) is 10.6. The molecule has 0 bridgehead atoms. The molecule has 0 aliphatic heterocycles. The molecule has 54 valence electrons. The van der Waals surface area contributed by atoms with Crippen molar-refractivity contribution in [1.29, 1.82) is 5.26 Å². The fraction of sp³-hybridized carbons (Fsp3) is 0.429. The van der Waals surface area contributed by atoms with E-state index in [2.05, 4.69) is 0 Å². The first-order valence-corrected chi connectivity index (χ1v) is 3.06. The molecule has 0 heterocycles. The van der Waals surface area contributed by atoms with Crippen LogP contribution in [0.3, 0.4) is 0 Å². The largest absolute Gasteiger partial charge is 0.477 e. The van der Waals surface area contributed by atoms with Crippen molar-refractivity contribution in [2.75, 3.05) is 0 Å². The van der Waals surface area contributed by atoms with E-state index in [1.165, 1.54) is 6.08 Å². The summed E-state index contributed by atoms with van der Waals surface area (Å²) in [7, 11) is 0. The molecule has 1 N–H and O–H groups in total. The second-order valence-electron chi connectivity index (χ2n) is 1.82. The topological polar surface area (TPSA) is 61.1 Å². The number of aliphatic carboxylic acids is 1. The molecule has 0 aliphatic carbocycles. The van der Waals surface area contributed by atoms with E-state index in [1.807, 2.05) is 6.92 Å². The highest BCUT2D eigenvalue weighted by molar-refractivity contribution is 5.90. The Morgan fingerprint density at radius 3 is 2.70 bits per heavy atom. The number of carbonyl (C=O) groups is 1. The Morgan fingerprint density at radius 1 is 1.80 bits per heavy atom. The van der Waals surface area contributed by atoms with E-state index >= 15 is 0 Å². The number of hydrogen-bond acceptors (Lipinski definition) is 2. The lowest BCUT2D eigenvalue weighted by atomic mass is 10.2. The maximum absolute atomic E-state index is 10.1. The Hall–Kier alpha value is -1.30. The van der Waals surface area contributed by atoms with Gasteiger partial charge in [0.1, 0.15) is 11.6 Å². The van der Waals surface area contributed by atoms with Crippen LogP contribution in [-0.2, 0) is 4.79 Å². The van der Waals surface area contributed by atoms with Gasteiger partial charge in [-0.2, -0.15) is 5.26 Å². The molecule has 0 unspecified atom stereocenters. The number of unbranched alkanes of at least 4 members (excludes halogenated alkanes) is 1. The van der Waals surface area contributed by atoms with Gasteiger partial charge >= 0.3 is 5.97 Å². The summed E-state index contributed by atoms with van der Waals surface area (Å²) in [6.07, 6.45) is 2.94. The molecular formula is C7H9NO2. The fourth-order valence-corrected chi connectivity index (χ4v) is 0.469. The van der Waals surface area contributed by atoms with Gasteiger partial charge in [0.25, 0.3) is 0 Å². The van der Waals surface area contributed by atoms with Crippen molar-refractivity contribution < 1.29 is 9.90 Å². The van der Waals surface area contributed by atoms with Crippen molar-refractivity contribution in [2.24, 2.45) is 0 Å². The van der Waals surface area contributed by atoms with Gasteiger partial charge in [0.05, 0.1) is 0 Å². The number of allylic oxidation sites excluding steroid dienone is 1. The number of nitrogens with zero attached hydrogens (tertiary/aromatic N) is 1. The minimum absolute atomic E-state index is 0.165. The van der Waals surface area contributed by atoms with Crippen molar-refractivity contribution in [1.82, 2.24) is 0 Å². The predicted molar refractivity (Wildman–Crippen MR) is 36.2 cm³/mol. The van der Waals surface area contributed by atoms with Crippen molar-refractivity contribution in [2.45, 2.75) is 19.8 Å². The van der Waals surface area contributed by atoms with Gasteiger partial charge in [0, 0.05) is 0 Å². The number of rotatable bonds is 3. The highest BCUT2D eigenvalue weighted by atomic mass is 16.4. The summed E-state index contributed by atoms with van der Waals surface area (Å²) >= 11 is 0. The van der Waals surface area contributed by atoms with Crippen LogP contribution in [0.25, 0.3) is 0 Å². The van der Waals surface area contributed by atoms with E-state index < -0.39 is 5.97 Å². The van der Waals surface area contributed by atoms with Gasteiger partial charge in [-0.3, -0.25) is 0 Å². The fourth-order valence-electron chi connectivity index (χ4n) is 0.469. The molecule has 0 spiro atoms. The highest BCUT2D eigenvalue weighted by Gasteiger charge is 2.02. The number of carboxylic acid groups (broad SMARTS) is 1. The number of hydrogen-bond donors (Lipinski definition) is 1. The first kappa shape index (κ1) is 8.70.